The summed E-state index contributed by atoms with van der Waals surface area (Å²) in [6, 6.07) is 9.41. The molecule has 0 bridgehead atoms. The van der Waals surface area contributed by atoms with Crippen LogP contribution in [-0.4, -0.2) is 5.84 Å². The molecule has 0 unspecified atom stereocenters. The molecule has 5 heteroatoms. The van der Waals surface area contributed by atoms with E-state index in [1.165, 1.54) is 12.1 Å². The first-order valence-corrected chi connectivity index (χ1v) is 5.93. The van der Waals surface area contributed by atoms with Crippen molar-refractivity contribution in [2.75, 3.05) is 0 Å². The Hall–Kier alpha value is -2.07. The van der Waals surface area contributed by atoms with Crippen molar-refractivity contribution >= 4 is 17.4 Å². The molecule has 2 rings (SSSR count). The third-order valence-corrected chi connectivity index (χ3v) is 2.85. The van der Waals surface area contributed by atoms with Gasteiger partial charge in [-0.05, 0) is 31.2 Å². The van der Waals surface area contributed by atoms with Crippen LogP contribution in [0.25, 0.3) is 0 Å². The first kappa shape index (κ1) is 13.4. The van der Waals surface area contributed by atoms with E-state index in [4.69, 9.17) is 27.5 Å². The van der Waals surface area contributed by atoms with E-state index in [1.54, 1.807) is 18.2 Å². The van der Waals surface area contributed by atoms with Gasteiger partial charge in [-0.25, -0.2) is 4.39 Å². The zero-order valence-corrected chi connectivity index (χ0v) is 11.0. The minimum Gasteiger partial charge on any atom is -0.456 e. The topological polar surface area (TPSA) is 59.1 Å². The van der Waals surface area contributed by atoms with Gasteiger partial charge in [0.2, 0.25) is 0 Å². The van der Waals surface area contributed by atoms with Gasteiger partial charge < -0.3 is 10.5 Å². The number of halogens is 2. The molecule has 0 heterocycles. The Balaban J connectivity index is 2.37. The number of amidine groups is 1. The lowest BCUT2D eigenvalue weighted by Gasteiger charge is -2.11. The number of hydrogen-bond donors (Lipinski definition) is 2. The maximum Gasteiger partial charge on any atom is 0.145 e. The summed E-state index contributed by atoms with van der Waals surface area (Å²) >= 11 is 5.60. The highest BCUT2D eigenvalue weighted by atomic mass is 35.5. The number of nitrogen functional groups attached to an aromatic ring is 1. The van der Waals surface area contributed by atoms with Crippen molar-refractivity contribution in [3.8, 4) is 11.5 Å². The zero-order chi connectivity index (χ0) is 14.0. The number of hydrogen-bond acceptors (Lipinski definition) is 2. The largest absolute Gasteiger partial charge is 0.456 e. The molecule has 98 valence electrons. The Kier molecular flexibility index (Phi) is 3.71. The monoisotopic (exact) mass is 278 g/mol. The molecule has 0 spiro atoms. The highest BCUT2D eigenvalue weighted by Crippen LogP contribution is 2.28. The van der Waals surface area contributed by atoms with Gasteiger partial charge in [0.15, 0.2) is 0 Å². The molecule has 0 saturated heterocycles. The van der Waals surface area contributed by atoms with Gasteiger partial charge >= 0.3 is 0 Å². The van der Waals surface area contributed by atoms with Crippen molar-refractivity contribution in [3.05, 3.63) is 58.4 Å². The van der Waals surface area contributed by atoms with Crippen LogP contribution in [0.2, 0.25) is 5.02 Å². The maximum atomic E-state index is 13.3. The predicted octanol–water partition coefficient (Wildman–Crippen LogP) is 3.86. The summed E-state index contributed by atoms with van der Waals surface area (Å²) in [6.45, 7) is 1.89. The van der Waals surface area contributed by atoms with Crippen molar-refractivity contribution in [2.24, 2.45) is 5.73 Å². The number of ether oxygens (including phenoxy) is 1. The highest BCUT2D eigenvalue weighted by molar-refractivity contribution is 6.30. The van der Waals surface area contributed by atoms with E-state index in [1.807, 2.05) is 13.0 Å². The fraction of sp³-hybridized carbons (Fsp3) is 0.0714. The number of nitrogens with one attached hydrogen (secondary N) is 1. The molecule has 0 atom stereocenters. The van der Waals surface area contributed by atoms with Crippen molar-refractivity contribution in [2.45, 2.75) is 6.92 Å². The number of rotatable bonds is 3. The molecule has 0 radical (unpaired) electrons. The van der Waals surface area contributed by atoms with E-state index in [0.717, 1.165) is 5.56 Å². The third-order valence-electron chi connectivity index (χ3n) is 2.54. The van der Waals surface area contributed by atoms with E-state index >= 15 is 0 Å². The van der Waals surface area contributed by atoms with Crippen LogP contribution < -0.4 is 10.5 Å². The van der Waals surface area contributed by atoms with Gasteiger partial charge in [-0.15, -0.1) is 0 Å². The number of nitrogens with two attached hydrogens (primary N) is 1. The van der Waals surface area contributed by atoms with E-state index in [0.29, 0.717) is 17.1 Å². The SMILES string of the molecule is Cc1ccc(Oc2ccc(Cl)c(F)c2)c(C(=N)N)c1. The van der Waals surface area contributed by atoms with Crippen LogP contribution in [-0.2, 0) is 0 Å². The van der Waals surface area contributed by atoms with Gasteiger partial charge in [0.05, 0.1) is 10.6 Å². The maximum absolute atomic E-state index is 13.3. The van der Waals surface area contributed by atoms with Gasteiger partial charge in [-0.1, -0.05) is 23.2 Å². The van der Waals surface area contributed by atoms with E-state index in [-0.39, 0.29) is 10.9 Å². The summed E-state index contributed by atoms with van der Waals surface area (Å²) < 4.78 is 18.9. The summed E-state index contributed by atoms with van der Waals surface area (Å²) in [5, 5.41) is 7.55. The molecule has 0 aliphatic carbocycles. The predicted molar refractivity (Wildman–Crippen MR) is 73.7 cm³/mol. The van der Waals surface area contributed by atoms with Gasteiger partial charge in [-0.3, -0.25) is 5.41 Å². The van der Waals surface area contributed by atoms with Gasteiger partial charge in [-0.2, -0.15) is 0 Å². The molecule has 3 N–H and O–H groups in total. The van der Waals surface area contributed by atoms with Crippen molar-refractivity contribution < 1.29 is 9.13 Å². The lowest BCUT2D eigenvalue weighted by molar-refractivity contribution is 0.475. The van der Waals surface area contributed by atoms with E-state index in [2.05, 4.69) is 0 Å². The molecule has 3 nitrogen and oxygen atoms in total. The summed E-state index contributed by atoms with van der Waals surface area (Å²) in [5.74, 6) is 0.0388. The van der Waals surface area contributed by atoms with E-state index in [9.17, 15) is 4.39 Å². The second-order valence-electron chi connectivity index (χ2n) is 4.09. The van der Waals surface area contributed by atoms with Gasteiger partial charge in [0.25, 0.3) is 0 Å². The number of benzene rings is 2. The molecule has 0 fully saturated rings. The van der Waals surface area contributed by atoms with Crippen LogP contribution in [0, 0.1) is 18.2 Å². The molecule has 0 saturated carbocycles. The molecule has 2 aromatic rings. The third kappa shape index (κ3) is 3.03. The fourth-order valence-electron chi connectivity index (χ4n) is 1.61. The summed E-state index contributed by atoms with van der Waals surface area (Å²) in [4.78, 5) is 0. The summed E-state index contributed by atoms with van der Waals surface area (Å²) in [7, 11) is 0. The smallest absolute Gasteiger partial charge is 0.145 e. The molecule has 19 heavy (non-hydrogen) atoms. The fourth-order valence-corrected chi connectivity index (χ4v) is 1.73. The second kappa shape index (κ2) is 5.28. The van der Waals surface area contributed by atoms with Crippen LogP contribution in [0.3, 0.4) is 0 Å². The van der Waals surface area contributed by atoms with Crippen LogP contribution >= 0.6 is 11.6 Å². The molecule has 0 amide bonds. The average molecular weight is 279 g/mol. The first-order valence-electron chi connectivity index (χ1n) is 5.55. The Morgan fingerprint density at radius 3 is 2.63 bits per heavy atom. The van der Waals surface area contributed by atoms with Gasteiger partial charge in [0.1, 0.15) is 23.2 Å². The molecule has 2 aromatic carbocycles. The first-order chi connectivity index (χ1) is 8.97. The van der Waals surface area contributed by atoms with Crippen LogP contribution in [0.15, 0.2) is 36.4 Å². The normalized spacial score (nSPS) is 10.3. The Morgan fingerprint density at radius 1 is 1.26 bits per heavy atom. The molecule has 0 aromatic heterocycles. The average Bonchev–Trinajstić information content (AvgIpc) is 2.36. The lowest BCUT2D eigenvalue weighted by atomic mass is 10.1. The quantitative estimate of drug-likeness (QED) is 0.661. The minimum atomic E-state index is -0.560. The molecular weight excluding hydrogens is 267 g/mol. The molecule has 0 aliphatic heterocycles. The van der Waals surface area contributed by atoms with Crippen molar-refractivity contribution in [3.63, 3.8) is 0 Å². The number of aryl methyl sites for hydroxylation is 1. The Morgan fingerprint density at radius 2 is 2.00 bits per heavy atom. The lowest BCUT2D eigenvalue weighted by Crippen LogP contribution is -2.12. The zero-order valence-electron chi connectivity index (χ0n) is 10.2. The molecule has 0 aliphatic rings. The second-order valence-corrected chi connectivity index (χ2v) is 4.50. The van der Waals surface area contributed by atoms with E-state index < -0.39 is 5.82 Å². The van der Waals surface area contributed by atoms with Crippen LogP contribution in [0.4, 0.5) is 4.39 Å². The van der Waals surface area contributed by atoms with Crippen LogP contribution in [0.5, 0.6) is 11.5 Å². The van der Waals surface area contributed by atoms with Crippen molar-refractivity contribution in [1.29, 1.82) is 5.41 Å². The standard InChI is InChI=1S/C14H12ClFN2O/c1-8-2-5-13(10(6-8)14(17)18)19-9-3-4-11(15)12(16)7-9/h2-7H,1H3,(H3,17,18). The molecular formula is C14H12ClFN2O. The summed E-state index contributed by atoms with van der Waals surface area (Å²) in [6.07, 6.45) is 0. The minimum absolute atomic E-state index is 0.0306. The Bertz CT molecular complexity index is 643. The summed E-state index contributed by atoms with van der Waals surface area (Å²) in [5.41, 5.74) is 6.93. The van der Waals surface area contributed by atoms with Crippen LogP contribution in [0.1, 0.15) is 11.1 Å². The van der Waals surface area contributed by atoms with Gasteiger partial charge in [0, 0.05) is 6.07 Å². The highest BCUT2D eigenvalue weighted by Gasteiger charge is 2.09. The Labute approximate surface area is 115 Å². The van der Waals surface area contributed by atoms with Crippen molar-refractivity contribution in [1.82, 2.24) is 0 Å².